The fourth-order valence-electron chi connectivity index (χ4n) is 2.71. The van der Waals surface area contributed by atoms with Crippen molar-refractivity contribution in [2.24, 2.45) is 0 Å². The molecule has 152 valence electrons. The van der Waals surface area contributed by atoms with E-state index in [0.29, 0.717) is 12.0 Å². The second-order valence-corrected chi connectivity index (χ2v) is 7.53. The summed E-state index contributed by atoms with van der Waals surface area (Å²) < 4.78 is 15.8. The van der Waals surface area contributed by atoms with Crippen LogP contribution in [0.15, 0.2) is 33.5 Å². The molecule has 0 aliphatic heterocycles. The average molecular weight is 389 g/mol. The summed E-state index contributed by atoms with van der Waals surface area (Å²) in [5, 5.41) is 3.31. The van der Waals surface area contributed by atoms with Crippen molar-refractivity contribution in [2.75, 3.05) is 0 Å². The van der Waals surface area contributed by atoms with E-state index in [2.05, 4.69) is 5.32 Å². The van der Waals surface area contributed by atoms with Crippen LogP contribution in [0.2, 0.25) is 0 Å². The van der Waals surface area contributed by atoms with E-state index in [0.717, 1.165) is 23.8 Å². The lowest BCUT2D eigenvalue weighted by molar-refractivity contribution is -0.136. The molecule has 0 aliphatic carbocycles. The normalized spacial score (nSPS) is 12.5. The highest BCUT2D eigenvalue weighted by Gasteiger charge is 2.24. The third kappa shape index (κ3) is 5.84. The number of benzene rings is 1. The van der Waals surface area contributed by atoms with E-state index >= 15 is 0 Å². The maximum absolute atomic E-state index is 12.4. The summed E-state index contributed by atoms with van der Waals surface area (Å²) in [6.45, 7) is 8.99. The number of ether oxygens (including phenoxy) is 2. The van der Waals surface area contributed by atoms with Gasteiger partial charge in [-0.05, 0) is 51.3 Å². The maximum atomic E-state index is 12.4. The summed E-state index contributed by atoms with van der Waals surface area (Å²) in [7, 11) is 0. The van der Waals surface area contributed by atoms with Gasteiger partial charge < -0.3 is 19.2 Å². The Morgan fingerprint density at radius 2 is 1.89 bits per heavy atom. The first-order chi connectivity index (χ1) is 13.1. The van der Waals surface area contributed by atoms with Gasteiger partial charge in [-0.2, -0.15) is 0 Å². The summed E-state index contributed by atoms with van der Waals surface area (Å²) in [5.74, 6) is -0.390. The van der Waals surface area contributed by atoms with E-state index in [9.17, 15) is 14.4 Å². The van der Waals surface area contributed by atoms with Gasteiger partial charge in [0.25, 0.3) is 0 Å². The van der Waals surface area contributed by atoms with Crippen LogP contribution >= 0.6 is 0 Å². The van der Waals surface area contributed by atoms with Crippen LogP contribution in [0.3, 0.4) is 0 Å². The number of nitrogens with one attached hydrogen (secondary N) is 1. The molecular weight excluding hydrogens is 362 g/mol. The van der Waals surface area contributed by atoms with E-state index in [4.69, 9.17) is 13.9 Å². The zero-order valence-electron chi connectivity index (χ0n) is 17.0. The minimum atomic E-state index is -0.857. The summed E-state index contributed by atoms with van der Waals surface area (Å²) in [6.07, 6.45) is 1.29. The third-order valence-electron chi connectivity index (χ3n) is 3.92. The zero-order valence-corrected chi connectivity index (χ0v) is 17.0. The zero-order chi connectivity index (χ0) is 20.9. The van der Waals surface area contributed by atoms with Crippen LogP contribution in [0.25, 0.3) is 11.0 Å². The second kappa shape index (κ2) is 8.91. The summed E-state index contributed by atoms with van der Waals surface area (Å²) in [4.78, 5) is 36.1. The van der Waals surface area contributed by atoms with Crippen LogP contribution in [-0.4, -0.2) is 23.7 Å². The number of aryl methyl sites for hydroxylation is 1. The molecule has 0 aliphatic rings. The van der Waals surface area contributed by atoms with Crippen molar-refractivity contribution in [1.82, 2.24) is 5.32 Å². The van der Waals surface area contributed by atoms with Crippen molar-refractivity contribution < 1.29 is 23.5 Å². The standard InChI is InChI=1S/C21H27NO6/c1-6-8-13-11-18(23)27-17-12-14(9-10-15(13)17)26-19(24)16(7-2)22-20(25)28-21(3,4)5/h9-12,16H,6-8H2,1-5H3,(H,22,25)/t16-/m1/s1. The first-order valence-electron chi connectivity index (χ1n) is 9.41. The predicted molar refractivity (Wildman–Crippen MR) is 106 cm³/mol. The van der Waals surface area contributed by atoms with Crippen molar-refractivity contribution in [1.29, 1.82) is 0 Å². The van der Waals surface area contributed by atoms with E-state index in [1.807, 2.05) is 6.92 Å². The highest BCUT2D eigenvalue weighted by atomic mass is 16.6. The van der Waals surface area contributed by atoms with Crippen LogP contribution < -0.4 is 15.7 Å². The number of amides is 1. The van der Waals surface area contributed by atoms with E-state index in [-0.39, 0.29) is 5.75 Å². The molecule has 2 rings (SSSR count). The lowest BCUT2D eigenvalue weighted by atomic mass is 10.1. The molecule has 0 spiro atoms. The van der Waals surface area contributed by atoms with Crippen LogP contribution in [-0.2, 0) is 16.0 Å². The van der Waals surface area contributed by atoms with Crippen molar-refractivity contribution in [3.8, 4) is 5.75 Å². The molecule has 0 bridgehead atoms. The Kier molecular flexibility index (Phi) is 6.83. The summed E-state index contributed by atoms with van der Waals surface area (Å²) >= 11 is 0. The van der Waals surface area contributed by atoms with Gasteiger partial charge in [-0.3, -0.25) is 0 Å². The highest BCUT2D eigenvalue weighted by molar-refractivity contribution is 5.85. The molecule has 0 saturated carbocycles. The minimum absolute atomic E-state index is 0.235. The van der Waals surface area contributed by atoms with Gasteiger partial charge in [0.05, 0.1) is 0 Å². The minimum Gasteiger partial charge on any atom is -0.444 e. The lowest BCUT2D eigenvalue weighted by Crippen LogP contribution is -2.44. The third-order valence-corrected chi connectivity index (χ3v) is 3.92. The van der Waals surface area contributed by atoms with Gasteiger partial charge in [0.1, 0.15) is 23.0 Å². The Hall–Kier alpha value is -2.83. The first kappa shape index (κ1) is 21.5. The number of alkyl carbamates (subject to hydrolysis) is 1. The average Bonchev–Trinajstić information content (AvgIpc) is 2.57. The molecule has 7 heteroatoms. The van der Waals surface area contributed by atoms with Gasteiger partial charge in [-0.15, -0.1) is 0 Å². The molecular formula is C21H27NO6. The maximum Gasteiger partial charge on any atom is 0.408 e. The number of carbonyl (C=O) groups is 2. The largest absolute Gasteiger partial charge is 0.444 e. The fraction of sp³-hybridized carbons (Fsp3) is 0.476. The van der Waals surface area contributed by atoms with Crippen LogP contribution in [0, 0.1) is 0 Å². The molecule has 7 nitrogen and oxygen atoms in total. The molecule has 0 radical (unpaired) electrons. The Balaban J connectivity index is 2.17. The van der Waals surface area contributed by atoms with Gasteiger partial charge in [-0.1, -0.05) is 20.3 Å². The number of hydrogen-bond acceptors (Lipinski definition) is 6. The van der Waals surface area contributed by atoms with Crippen molar-refractivity contribution in [3.05, 3.63) is 40.2 Å². The van der Waals surface area contributed by atoms with Gasteiger partial charge in [0, 0.05) is 17.5 Å². The van der Waals surface area contributed by atoms with E-state index in [1.165, 1.54) is 12.1 Å². The molecule has 0 unspecified atom stereocenters. The lowest BCUT2D eigenvalue weighted by Gasteiger charge is -2.22. The SMILES string of the molecule is CCCc1cc(=O)oc2cc(OC(=O)[C@@H](CC)NC(=O)OC(C)(C)C)ccc12. The first-order valence-corrected chi connectivity index (χ1v) is 9.41. The van der Waals surface area contributed by atoms with Gasteiger partial charge in [0.2, 0.25) is 0 Å². The Morgan fingerprint density at radius 1 is 1.18 bits per heavy atom. The number of rotatable bonds is 6. The van der Waals surface area contributed by atoms with Gasteiger partial charge in [-0.25, -0.2) is 14.4 Å². The number of esters is 1. The number of carbonyl (C=O) groups excluding carboxylic acids is 2. The fourth-order valence-corrected chi connectivity index (χ4v) is 2.71. The smallest absolute Gasteiger partial charge is 0.408 e. The number of fused-ring (bicyclic) bond motifs is 1. The van der Waals surface area contributed by atoms with Crippen molar-refractivity contribution in [3.63, 3.8) is 0 Å². The summed E-state index contributed by atoms with van der Waals surface area (Å²) in [5.41, 5.74) is 0.134. The molecule has 1 atom stereocenters. The van der Waals surface area contributed by atoms with E-state index < -0.39 is 29.3 Å². The van der Waals surface area contributed by atoms with Gasteiger partial charge in [0.15, 0.2) is 0 Å². The molecule has 1 amide bonds. The van der Waals surface area contributed by atoms with Crippen LogP contribution in [0.1, 0.15) is 53.0 Å². The highest BCUT2D eigenvalue weighted by Crippen LogP contribution is 2.24. The Bertz CT molecular complexity index is 909. The molecule has 1 N–H and O–H groups in total. The molecule has 0 fully saturated rings. The van der Waals surface area contributed by atoms with Gasteiger partial charge >= 0.3 is 17.7 Å². The molecule has 2 aromatic rings. The Labute approximate surface area is 164 Å². The van der Waals surface area contributed by atoms with Crippen LogP contribution in [0.4, 0.5) is 4.79 Å². The quantitative estimate of drug-likeness (QED) is 0.457. The number of hydrogen-bond donors (Lipinski definition) is 1. The Morgan fingerprint density at radius 3 is 2.50 bits per heavy atom. The van der Waals surface area contributed by atoms with Crippen molar-refractivity contribution >= 4 is 23.0 Å². The second-order valence-electron chi connectivity index (χ2n) is 7.53. The topological polar surface area (TPSA) is 94.8 Å². The molecule has 0 saturated heterocycles. The molecule has 1 heterocycles. The monoisotopic (exact) mass is 389 g/mol. The predicted octanol–water partition coefficient (Wildman–Crippen LogP) is 3.95. The van der Waals surface area contributed by atoms with Crippen molar-refractivity contribution in [2.45, 2.75) is 65.5 Å². The van der Waals surface area contributed by atoms with E-state index in [1.54, 1.807) is 39.8 Å². The molecule has 28 heavy (non-hydrogen) atoms. The summed E-state index contributed by atoms with van der Waals surface area (Å²) in [6, 6.07) is 5.53. The van der Waals surface area contributed by atoms with Crippen LogP contribution in [0.5, 0.6) is 5.75 Å². The molecule has 1 aromatic carbocycles. The molecule has 1 aromatic heterocycles.